The molecule has 0 bridgehead atoms. The van der Waals surface area contributed by atoms with Crippen molar-refractivity contribution in [1.82, 2.24) is 0 Å². The topological polar surface area (TPSA) is 38.8 Å². The van der Waals surface area contributed by atoms with Crippen molar-refractivity contribution in [2.45, 2.75) is 19.3 Å². The molecule has 0 saturated carbocycles. The average Bonchev–Trinajstić information content (AvgIpc) is 3.80. The molecule has 262 valence electrons. The van der Waals surface area contributed by atoms with Crippen molar-refractivity contribution in [3.05, 3.63) is 187 Å². The first-order chi connectivity index (χ1) is 27.0. The van der Waals surface area contributed by atoms with Crippen LogP contribution in [-0.4, -0.2) is 0 Å². The van der Waals surface area contributed by atoms with Crippen molar-refractivity contribution in [3.8, 4) is 33.8 Å². The molecule has 4 heteroatoms. The maximum atomic E-state index is 6.85. The molecule has 0 radical (unpaired) electrons. The molecule has 0 amide bonds. The largest absolute Gasteiger partial charge is 0.456 e. The van der Waals surface area contributed by atoms with E-state index in [0.29, 0.717) is 0 Å². The van der Waals surface area contributed by atoms with Crippen molar-refractivity contribution in [2.24, 2.45) is 0 Å². The molecule has 0 unspecified atom stereocenters. The Morgan fingerprint density at radius 1 is 0.400 bits per heavy atom. The van der Waals surface area contributed by atoms with E-state index in [2.05, 4.69) is 170 Å². The summed E-state index contributed by atoms with van der Waals surface area (Å²) in [6.07, 6.45) is 0. The molecule has 0 fully saturated rings. The molecular formula is C51H35NO3. The Morgan fingerprint density at radius 3 is 1.69 bits per heavy atom. The van der Waals surface area contributed by atoms with E-state index in [1.165, 1.54) is 16.7 Å². The predicted molar refractivity (Wildman–Crippen MR) is 225 cm³/mol. The van der Waals surface area contributed by atoms with E-state index >= 15 is 0 Å². The lowest BCUT2D eigenvalue weighted by atomic mass is 9.75. The van der Waals surface area contributed by atoms with E-state index in [1.54, 1.807) is 0 Å². The number of benzene rings is 8. The summed E-state index contributed by atoms with van der Waals surface area (Å²) in [5.74, 6) is 1.75. The van der Waals surface area contributed by atoms with Gasteiger partial charge in [-0.15, -0.1) is 0 Å². The molecule has 8 aromatic carbocycles. The van der Waals surface area contributed by atoms with Crippen molar-refractivity contribution in [1.29, 1.82) is 0 Å². The Bertz CT molecular complexity index is 3080. The number of rotatable bonds is 5. The van der Waals surface area contributed by atoms with Crippen LogP contribution in [0.2, 0.25) is 0 Å². The van der Waals surface area contributed by atoms with Crippen molar-refractivity contribution in [2.75, 3.05) is 4.90 Å². The highest BCUT2D eigenvalue weighted by molar-refractivity contribution is 6.09. The second-order valence-electron chi connectivity index (χ2n) is 14.9. The van der Waals surface area contributed by atoms with Gasteiger partial charge in [0.1, 0.15) is 33.8 Å². The van der Waals surface area contributed by atoms with E-state index in [9.17, 15) is 0 Å². The molecule has 1 aliphatic rings. The number of hydrogen-bond donors (Lipinski definition) is 0. The van der Waals surface area contributed by atoms with Gasteiger partial charge < -0.3 is 18.5 Å². The standard InChI is InChI=1S/C51H35NO3/c1-51(2)42-27-20-35(30-48(42)55-50-43(51)28-29-46-49(50)41-13-7-9-15-45(41)53-46)34-18-23-37(24-19-34)52(36-21-16-33(17-22-36)32-10-4-3-5-11-32)38-25-26-40-39-12-6-8-14-44(39)54-47(40)31-38/h3-31H,1-2H3. The van der Waals surface area contributed by atoms with Crippen molar-refractivity contribution < 1.29 is 13.6 Å². The SMILES string of the molecule is CC1(C)c2ccc(-c3ccc(N(c4ccc(-c5ccccc5)cc4)c4ccc5c(c4)oc4ccccc45)cc3)cc2Oc2c1ccc1oc3ccccc3c21. The van der Waals surface area contributed by atoms with Gasteiger partial charge in [-0.1, -0.05) is 123 Å². The molecule has 2 aromatic heterocycles. The molecule has 0 saturated heterocycles. The lowest BCUT2D eigenvalue weighted by molar-refractivity contribution is 0.423. The van der Waals surface area contributed by atoms with Gasteiger partial charge in [-0.2, -0.15) is 0 Å². The van der Waals surface area contributed by atoms with Crippen LogP contribution >= 0.6 is 0 Å². The fourth-order valence-electron chi connectivity index (χ4n) is 8.48. The number of hydrogen-bond acceptors (Lipinski definition) is 4. The minimum atomic E-state index is -0.255. The van der Waals surface area contributed by atoms with Crippen LogP contribution in [0.1, 0.15) is 25.0 Å². The second-order valence-corrected chi connectivity index (χ2v) is 14.9. The third-order valence-electron chi connectivity index (χ3n) is 11.3. The summed E-state index contributed by atoms with van der Waals surface area (Å²) in [7, 11) is 0. The van der Waals surface area contributed by atoms with Gasteiger partial charge in [0.25, 0.3) is 0 Å². The van der Waals surface area contributed by atoms with E-state index < -0.39 is 0 Å². The number of ether oxygens (including phenoxy) is 1. The Morgan fingerprint density at radius 2 is 0.945 bits per heavy atom. The van der Waals surface area contributed by atoms with Gasteiger partial charge in [0.2, 0.25) is 0 Å². The molecule has 0 atom stereocenters. The number of para-hydroxylation sites is 2. The summed E-state index contributed by atoms with van der Waals surface area (Å²) >= 11 is 0. The zero-order valence-corrected chi connectivity index (χ0v) is 30.4. The third-order valence-corrected chi connectivity index (χ3v) is 11.3. The molecule has 55 heavy (non-hydrogen) atoms. The molecule has 0 spiro atoms. The van der Waals surface area contributed by atoms with Gasteiger partial charge in [0.15, 0.2) is 0 Å². The molecule has 0 aliphatic carbocycles. The normalized spacial score (nSPS) is 13.2. The van der Waals surface area contributed by atoms with Crippen LogP contribution in [0.15, 0.2) is 185 Å². The first kappa shape index (κ1) is 31.5. The summed E-state index contributed by atoms with van der Waals surface area (Å²) < 4.78 is 19.4. The monoisotopic (exact) mass is 709 g/mol. The van der Waals surface area contributed by atoms with Crippen LogP contribution < -0.4 is 9.64 Å². The fraction of sp³-hybridized carbons (Fsp3) is 0.0588. The molecule has 0 N–H and O–H groups in total. The van der Waals surface area contributed by atoms with Crippen LogP contribution in [0, 0.1) is 0 Å². The van der Waals surface area contributed by atoms with Crippen LogP contribution in [0.5, 0.6) is 11.5 Å². The molecule has 3 heterocycles. The average molecular weight is 710 g/mol. The van der Waals surface area contributed by atoms with Crippen LogP contribution in [0.4, 0.5) is 17.1 Å². The first-order valence-corrected chi connectivity index (χ1v) is 18.7. The zero-order chi connectivity index (χ0) is 36.7. The maximum Gasteiger partial charge on any atom is 0.143 e. The van der Waals surface area contributed by atoms with Crippen LogP contribution in [0.25, 0.3) is 66.1 Å². The van der Waals surface area contributed by atoms with E-state index in [4.69, 9.17) is 13.6 Å². The van der Waals surface area contributed by atoms with E-state index in [-0.39, 0.29) is 5.41 Å². The minimum Gasteiger partial charge on any atom is -0.456 e. The highest BCUT2D eigenvalue weighted by Gasteiger charge is 2.36. The Kier molecular flexibility index (Phi) is 6.86. The minimum absolute atomic E-state index is 0.255. The summed E-state index contributed by atoms with van der Waals surface area (Å²) in [6, 6.07) is 61.8. The van der Waals surface area contributed by atoms with Gasteiger partial charge in [-0.25, -0.2) is 0 Å². The summed E-state index contributed by atoms with van der Waals surface area (Å²) in [5.41, 5.74) is 13.2. The van der Waals surface area contributed by atoms with Crippen LogP contribution in [-0.2, 0) is 5.41 Å². The molecule has 4 nitrogen and oxygen atoms in total. The quantitative estimate of drug-likeness (QED) is 0.178. The van der Waals surface area contributed by atoms with E-state index in [0.717, 1.165) is 89.1 Å². The number of anilines is 3. The number of fused-ring (bicyclic) bond motifs is 9. The summed E-state index contributed by atoms with van der Waals surface area (Å²) in [5, 5.41) is 4.32. The molecular weight excluding hydrogens is 675 g/mol. The number of nitrogens with zero attached hydrogens (tertiary/aromatic N) is 1. The molecule has 10 aromatic rings. The van der Waals surface area contributed by atoms with Gasteiger partial charge in [0, 0.05) is 55.8 Å². The Labute approximate surface area is 318 Å². The highest BCUT2D eigenvalue weighted by Crippen LogP contribution is 2.53. The first-order valence-electron chi connectivity index (χ1n) is 18.7. The zero-order valence-electron chi connectivity index (χ0n) is 30.4. The van der Waals surface area contributed by atoms with Gasteiger partial charge in [-0.05, 0) is 82.9 Å². The maximum absolute atomic E-state index is 6.85. The van der Waals surface area contributed by atoms with Gasteiger partial charge in [0.05, 0.1) is 5.39 Å². The molecule has 1 aliphatic heterocycles. The van der Waals surface area contributed by atoms with Crippen LogP contribution in [0.3, 0.4) is 0 Å². The fourth-order valence-corrected chi connectivity index (χ4v) is 8.48. The lowest BCUT2D eigenvalue weighted by Gasteiger charge is -2.35. The van der Waals surface area contributed by atoms with E-state index in [1.807, 2.05) is 24.3 Å². The van der Waals surface area contributed by atoms with Crippen molar-refractivity contribution in [3.63, 3.8) is 0 Å². The summed E-state index contributed by atoms with van der Waals surface area (Å²) in [6.45, 7) is 4.55. The predicted octanol–water partition coefficient (Wildman–Crippen LogP) is 14.7. The second kappa shape index (κ2) is 12.0. The lowest BCUT2D eigenvalue weighted by Crippen LogP contribution is -2.24. The smallest absolute Gasteiger partial charge is 0.143 e. The Balaban J connectivity index is 0.984. The highest BCUT2D eigenvalue weighted by atomic mass is 16.5. The third kappa shape index (κ3) is 4.99. The van der Waals surface area contributed by atoms with Gasteiger partial charge >= 0.3 is 0 Å². The van der Waals surface area contributed by atoms with Gasteiger partial charge in [-0.3, -0.25) is 0 Å². The number of furan rings is 2. The summed E-state index contributed by atoms with van der Waals surface area (Å²) in [4.78, 5) is 2.29. The Hall–Kier alpha value is -7.04. The van der Waals surface area contributed by atoms with Crippen molar-refractivity contribution >= 4 is 60.9 Å². The molecule has 11 rings (SSSR count).